The minimum Gasteiger partial charge on any atom is -0.406 e. The number of nitrogens with one attached hydrogen (secondary N) is 1. The van der Waals surface area contributed by atoms with Gasteiger partial charge in [-0.3, -0.25) is 4.79 Å². The highest BCUT2D eigenvalue weighted by Crippen LogP contribution is 2.37. The molecule has 0 radical (unpaired) electrons. The minimum atomic E-state index is -4.73. The quantitative estimate of drug-likeness (QED) is 0.651. The van der Waals surface area contributed by atoms with Crippen LogP contribution >= 0.6 is 11.6 Å². The van der Waals surface area contributed by atoms with Crippen LogP contribution in [0.1, 0.15) is 52.7 Å². The van der Waals surface area contributed by atoms with Gasteiger partial charge in [0, 0.05) is 13.1 Å². The molecule has 8 heteroatoms. The van der Waals surface area contributed by atoms with Gasteiger partial charge in [0.15, 0.2) is 0 Å². The number of benzene rings is 2. The molecular formula is C23H24ClF3N2O2. The van der Waals surface area contributed by atoms with Crippen molar-refractivity contribution in [2.24, 2.45) is 5.92 Å². The third-order valence-electron chi connectivity index (χ3n) is 6.20. The van der Waals surface area contributed by atoms with Crippen molar-refractivity contribution in [1.82, 2.24) is 10.2 Å². The number of ether oxygens (including phenoxy) is 1. The largest absolute Gasteiger partial charge is 0.573 e. The number of amides is 1. The molecule has 1 saturated heterocycles. The van der Waals surface area contributed by atoms with E-state index in [9.17, 15) is 18.0 Å². The molecular weight excluding hydrogens is 429 g/mol. The highest BCUT2D eigenvalue weighted by atomic mass is 35.5. The second-order valence-corrected chi connectivity index (χ2v) is 8.67. The highest BCUT2D eigenvalue weighted by molar-refractivity contribution is 6.34. The number of piperidine rings is 1. The summed E-state index contributed by atoms with van der Waals surface area (Å²) in [5.41, 5.74) is 3.30. The summed E-state index contributed by atoms with van der Waals surface area (Å²) >= 11 is 6.52. The van der Waals surface area contributed by atoms with Crippen molar-refractivity contribution >= 4 is 17.5 Å². The van der Waals surface area contributed by atoms with Crippen LogP contribution in [0, 0.1) is 5.92 Å². The summed E-state index contributed by atoms with van der Waals surface area (Å²) < 4.78 is 40.9. The first-order valence-corrected chi connectivity index (χ1v) is 10.8. The second-order valence-electron chi connectivity index (χ2n) is 8.27. The van der Waals surface area contributed by atoms with Gasteiger partial charge in [0.05, 0.1) is 10.6 Å². The van der Waals surface area contributed by atoms with Crippen LogP contribution in [0.15, 0.2) is 36.4 Å². The van der Waals surface area contributed by atoms with Gasteiger partial charge in [0.25, 0.3) is 5.91 Å². The predicted molar refractivity (Wildman–Crippen MR) is 112 cm³/mol. The molecule has 166 valence electrons. The van der Waals surface area contributed by atoms with Crippen LogP contribution in [0.25, 0.3) is 0 Å². The van der Waals surface area contributed by atoms with Crippen molar-refractivity contribution in [3.63, 3.8) is 0 Å². The van der Waals surface area contributed by atoms with E-state index in [1.807, 2.05) is 6.07 Å². The molecule has 2 aliphatic heterocycles. The third-order valence-corrected chi connectivity index (χ3v) is 6.50. The van der Waals surface area contributed by atoms with E-state index in [-0.39, 0.29) is 18.2 Å². The molecule has 0 aromatic heterocycles. The SMILES string of the molecule is CC(c1cc(Cl)c2c(c1)CN(Cc1ccc(OC(F)(F)F)cc1)C2=O)C1CCNCC1. The number of alkyl halides is 3. The number of nitrogens with zero attached hydrogens (tertiary/aromatic N) is 1. The van der Waals surface area contributed by atoms with E-state index in [4.69, 9.17) is 11.6 Å². The van der Waals surface area contributed by atoms with E-state index >= 15 is 0 Å². The number of rotatable bonds is 5. The third kappa shape index (κ3) is 4.99. The Labute approximate surface area is 184 Å². The van der Waals surface area contributed by atoms with Crippen LogP contribution < -0.4 is 10.1 Å². The summed E-state index contributed by atoms with van der Waals surface area (Å²) in [7, 11) is 0. The molecule has 31 heavy (non-hydrogen) atoms. The van der Waals surface area contributed by atoms with E-state index in [2.05, 4.69) is 23.0 Å². The molecule has 2 aromatic rings. The van der Waals surface area contributed by atoms with Gasteiger partial charge < -0.3 is 15.0 Å². The number of hydrogen-bond acceptors (Lipinski definition) is 3. The fourth-order valence-electron chi connectivity index (χ4n) is 4.51. The number of carbonyl (C=O) groups excluding carboxylic acids is 1. The van der Waals surface area contributed by atoms with Crippen LogP contribution in [0.4, 0.5) is 13.2 Å². The van der Waals surface area contributed by atoms with E-state index in [1.54, 1.807) is 4.90 Å². The molecule has 2 aromatic carbocycles. The first kappa shape index (κ1) is 22.0. The first-order chi connectivity index (χ1) is 14.7. The molecule has 1 fully saturated rings. The fraction of sp³-hybridized carbons (Fsp3) is 0.435. The second kappa shape index (κ2) is 8.71. The highest BCUT2D eigenvalue weighted by Gasteiger charge is 2.33. The maximum absolute atomic E-state index is 12.9. The summed E-state index contributed by atoms with van der Waals surface area (Å²) in [5, 5.41) is 3.85. The van der Waals surface area contributed by atoms with Gasteiger partial charge in [0.1, 0.15) is 5.75 Å². The zero-order chi connectivity index (χ0) is 22.2. The van der Waals surface area contributed by atoms with Gasteiger partial charge in [-0.05, 0) is 72.7 Å². The molecule has 0 bridgehead atoms. The zero-order valence-electron chi connectivity index (χ0n) is 17.1. The lowest BCUT2D eigenvalue weighted by Gasteiger charge is -2.29. The van der Waals surface area contributed by atoms with Crippen molar-refractivity contribution in [3.8, 4) is 5.75 Å². The van der Waals surface area contributed by atoms with Crippen LogP contribution in [-0.2, 0) is 13.1 Å². The van der Waals surface area contributed by atoms with Crippen LogP contribution in [0.5, 0.6) is 5.75 Å². The van der Waals surface area contributed by atoms with Gasteiger partial charge in [-0.1, -0.05) is 36.7 Å². The minimum absolute atomic E-state index is 0.156. The number of carbonyl (C=O) groups is 1. The van der Waals surface area contributed by atoms with Crippen LogP contribution in [0.2, 0.25) is 5.02 Å². The van der Waals surface area contributed by atoms with Crippen molar-refractivity contribution < 1.29 is 22.7 Å². The summed E-state index contributed by atoms with van der Waals surface area (Å²) in [6.07, 6.45) is -2.49. The van der Waals surface area contributed by atoms with Crippen LogP contribution in [0.3, 0.4) is 0 Å². The standard InChI is InChI=1S/C23H24ClF3N2O2/c1-14(16-6-8-28-9-7-16)17-10-18-13-29(22(30)21(18)20(24)11-17)12-15-2-4-19(5-3-15)31-23(25,26)27/h2-5,10-11,14,16,28H,6-9,12-13H2,1H3. The molecule has 4 nitrogen and oxygen atoms in total. The Morgan fingerprint density at radius 1 is 1.19 bits per heavy atom. The van der Waals surface area contributed by atoms with Crippen molar-refractivity contribution in [3.05, 3.63) is 63.7 Å². The lowest BCUT2D eigenvalue weighted by Crippen LogP contribution is -2.30. The van der Waals surface area contributed by atoms with E-state index in [0.717, 1.165) is 42.6 Å². The molecule has 0 saturated carbocycles. The molecule has 1 unspecified atom stereocenters. The van der Waals surface area contributed by atoms with Gasteiger partial charge in [-0.15, -0.1) is 13.2 Å². The predicted octanol–water partition coefficient (Wildman–Crippen LogP) is 5.50. The normalized spacial score (nSPS) is 18.2. The Morgan fingerprint density at radius 2 is 1.87 bits per heavy atom. The number of hydrogen-bond donors (Lipinski definition) is 1. The summed E-state index contributed by atoms with van der Waals surface area (Å²) in [4.78, 5) is 14.6. The smallest absolute Gasteiger partial charge is 0.406 e. The average molecular weight is 453 g/mol. The molecule has 1 N–H and O–H groups in total. The van der Waals surface area contributed by atoms with Crippen molar-refractivity contribution in [1.29, 1.82) is 0 Å². The number of fused-ring (bicyclic) bond motifs is 1. The molecule has 4 rings (SSSR count). The first-order valence-electron chi connectivity index (χ1n) is 10.4. The Kier molecular flexibility index (Phi) is 6.17. The summed E-state index contributed by atoms with van der Waals surface area (Å²) in [6, 6.07) is 9.57. The van der Waals surface area contributed by atoms with Crippen LogP contribution in [-0.4, -0.2) is 30.3 Å². The maximum Gasteiger partial charge on any atom is 0.573 e. The van der Waals surface area contributed by atoms with E-state index in [1.165, 1.54) is 24.3 Å². The Balaban J connectivity index is 1.48. The lowest BCUT2D eigenvalue weighted by atomic mass is 9.81. The zero-order valence-corrected chi connectivity index (χ0v) is 17.9. The van der Waals surface area contributed by atoms with E-state index in [0.29, 0.717) is 29.0 Å². The maximum atomic E-state index is 12.9. The monoisotopic (exact) mass is 452 g/mol. The van der Waals surface area contributed by atoms with Gasteiger partial charge >= 0.3 is 6.36 Å². The summed E-state index contributed by atoms with van der Waals surface area (Å²) in [5.74, 6) is 0.500. The summed E-state index contributed by atoms with van der Waals surface area (Å²) in [6.45, 7) is 4.98. The van der Waals surface area contributed by atoms with Gasteiger partial charge in [0.2, 0.25) is 0 Å². The molecule has 2 aliphatic rings. The van der Waals surface area contributed by atoms with Gasteiger partial charge in [-0.2, -0.15) is 0 Å². The average Bonchev–Trinajstić information content (AvgIpc) is 3.04. The number of halogens is 4. The Morgan fingerprint density at radius 3 is 2.52 bits per heavy atom. The van der Waals surface area contributed by atoms with Gasteiger partial charge in [-0.25, -0.2) is 0 Å². The van der Waals surface area contributed by atoms with E-state index < -0.39 is 6.36 Å². The molecule has 0 spiro atoms. The lowest BCUT2D eigenvalue weighted by molar-refractivity contribution is -0.274. The topological polar surface area (TPSA) is 41.6 Å². The Bertz CT molecular complexity index is 957. The molecule has 2 heterocycles. The fourth-order valence-corrected chi connectivity index (χ4v) is 4.84. The molecule has 0 aliphatic carbocycles. The van der Waals surface area contributed by atoms with Crippen molar-refractivity contribution in [2.75, 3.05) is 13.1 Å². The Hall–Kier alpha value is -2.25. The van der Waals surface area contributed by atoms with Crippen molar-refractivity contribution in [2.45, 2.75) is 45.1 Å². The molecule has 1 amide bonds. The molecule has 1 atom stereocenters.